The van der Waals surface area contributed by atoms with Crippen molar-refractivity contribution in [3.05, 3.63) is 124 Å². The standard InChI is InChI=1S/C57H63ClF2N6O7/c1-34-49-47(31-45(59)52(58)51(49)50-44(54(61)69)15-16-46(53(50)60)72-28-27-67)73-57(34,41-5-3-2-4-6-41)33-62-42-12-9-37(10-13-42)55(70)65-24-17-35(18-25-65)32-64-22-19-36(20-23-64)38-7-8-40-30-43(14-11-39(40)29-38)66-26-21-48(68)63-56(66)71/h2-8,11,14-16,29-31,34-37,42,62,67H,9-10,12-13,17-28,32-33H2,1H3,(H2,61,69)(H,63,68,71)/t34-,37?,42?,57-/m0/s1. The minimum absolute atomic E-state index is 0.0398. The highest BCUT2D eigenvalue weighted by atomic mass is 35.5. The molecule has 5 aromatic carbocycles. The van der Waals surface area contributed by atoms with Crippen molar-refractivity contribution in [3.63, 3.8) is 0 Å². The summed E-state index contributed by atoms with van der Waals surface area (Å²) in [6, 6.07) is 25.8. The summed E-state index contributed by atoms with van der Waals surface area (Å²) in [5.74, 6) is -2.37. The highest BCUT2D eigenvalue weighted by molar-refractivity contribution is 6.34. The van der Waals surface area contributed by atoms with Crippen LogP contribution in [-0.2, 0) is 15.2 Å². The number of rotatable bonds is 14. The summed E-state index contributed by atoms with van der Waals surface area (Å²) in [4.78, 5) is 57.1. The molecule has 5 aromatic rings. The average molecular weight is 1020 g/mol. The van der Waals surface area contributed by atoms with Crippen LogP contribution in [0.15, 0.2) is 84.9 Å². The number of amides is 5. The third kappa shape index (κ3) is 10.1. The Morgan fingerprint density at radius 3 is 2.32 bits per heavy atom. The molecule has 10 rings (SSSR count). The lowest BCUT2D eigenvalue weighted by molar-refractivity contribution is -0.138. The molecule has 0 spiro atoms. The van der Waals surface area contributed by atoms with Crippen LogP contribution in [0.2, 0.25) is 5.02 Å². The lowest BCUT2D eigenvalue weighted by Crippen LogP contribution is -2.49. The van der Waals surface area contributed by atoms with Crippen molar-refractivity contribution in [2.75, 3.05) is 63.9 Å². The summed E-state index contributed by atoms with van der Waals surface area (Å²) in [6.07, 6.45) is 7.59. The first kappa shape index (κ1) is 50.4. The van der Waals surface area contributed by atoms with E-state index in [2.05, 4.69) is 44.7 Å². The second-order valence-electron chi connectivity index (χ2n) is 20.6. The van der Waals surface area contributed by atoms with Crippen LogP contribution in [0.25, 0.3) is 21.9 Å². The summed E-state index contributed by atoms with van der Waals surface area (Å²) < 4.78 is 44.6. The number of piperidine rings is 2. The maximum Gasteiger partial charge on any atom is 0.328 e. The van der Waals surface area contributed by atoms with Gasteiger partial charge in [0.15, 0.2) is 17.2 Å². The molecule has 73 heavy (non-hydrogen) atoms. The van der Waals surface area contributed by atoms with Crippen molar-refractivity contribution < 1.29 is 42.5 Å². The van der Waals surface area contributed by atoms with Crippen molar-refractivity contribution in [2.45, 2.75) is 88.2 Å². The first-order chi connectivity index (χ1) is 35.3. The topological polar surface area (TPSA) is 167 Å². The third-order valence-corrected chi connectivity index (χ3v) is 16.7. The molecule has 0 aromatic heterocycles. The van der Waals surface area contributed by atoms with E-state index in [4.69, 9.17) is 26.8 Å². The molecule has 5 amide bonds. The molecule has 5 aliphatic rings. The number of aliphatic hydroxyl groups is 1. The largest absolute Gasteiger partial charge is 0.488 e. The number of imide groups is 1. The van der Waals surface area contributed by atoms with E-state index in [1.165, 1.54) is 23.8 Å². The van der Waals surface area contributed by atoms with E-state index < -0.39 is 29.1 Å². The normalized spacial score (nSPS) is 23.1. The molecule has 384 valence electrons. The molecule has 4 fully saturated rings. The zero-order valence-electron chi connectivity index (χ0n) is 41.1. The summed E-state index contributed by atoms with van der Waals surface area (Å²) in [5, 5.41) is 17.4. The number of ether oxygens (including phenoxy) is 2. The molecule has 16 heteroatoms. The molecule has 0 radical (unpaired) electrons. The highest BCUT2D eigenvalue weighted by Gasteiger charge is 2.50. The number of nitrogens with two attached hydrogens (primary N) is 1. The van der Waals surface area contributed by atoms with Crippen LogP contribution >= 0.6 is 11.6 Å². The minimum Gasteiger partial charge on any atom is -0.488 e. The van der Waals surface area contributed by atoms with Gasteiger partial charge in [0.25, 0.3) is 0 Å². The van der Waals surface area contributed by atoms with Crippen molar-refractivity contribution in [3.8, 4) is 22.6 Å². The molecule has 0 bridgehead atoms. The number of nitrogens with one attached hydrogen (secondary N) is 2. The van der Waals surface area contributed by atoms with Crippen LogP contribution in [0.1, 0.15) is 104 Å². The zero-order valence-corrected chi connectivity index (χ0v) is 41.9. The Labute approximate surface area is 429 Å². The predicted molar refractivity (Wildman–Crippen MR) is 276 cm³/mol. The van der Waals surface area contributed by atoms with Gasteiger partial charge >= 0.3 is 6.03 Å². The first-order valence-corrected chi connectivity index (χ1v) is 26.2. The van der Waals surface area contributed by atoms with Gasteiger partial charge in [-0.25, -0.2) is 13.6 Å². The number of hydrogen-bond donors (Lipinski definition) is 4. The second kappa shape index (κ2) is 21.4. The van der Waals surface area contributed by atoms with Gasteiger partial charge in [-0.1, -0.05) is 73.1 Å². The Bertz CT molecular complexity index is 2900. The van der Waals surface area contributed by atoms with Gasteiger partial charge in [-0.3, -0.25) is 24.6 Å². The Morgan fingerprint density at radius 2 is 1.60 bits per heavy atom. The number of carbonyl (C=O) groups excluding carboxylic acids is 4. The number of anilines is 1. The van der Waals surface area contributed by atoms with Crippen LogP contribution in [-0.4, -0.2) is 104 Å². The molecule has 3 saturated heterocycles. The lowest BCUT2D eigenvalue weighted by atomic mass is 9.77. The van der Waals surface area contributed by atoms with Crippen LogP contribution in [0.5, 0.6) is 11.5 Å². The third-order valence-electron chi connectivity index (χ3n) is 16.3. The molecule has 5 N–H and O–H groups in total. The van der Waals surface area contributed by atoms with E-state index in [0.29, 0.717) is 36.9 Å². The predicted octanol–water partition coefficient (Wildman–Crippen LogP) is 9.01. The van der Waals surface area contributed by atoms with Crippen molar-refractivity contribution in [1.82, 2.24) is 20.4 Å². The van der Waals surface area contributed by atoms with Gasteiger partial charge < -0.3 is 35.4 Å². The van der Waals surface area contributed by atoms with Crippen LogP contribution in [0, 0.1) is 23.5 Å². The molecular weight excluding hydrogens is 954 g/mol. The molecule has 4 heterocycles. The molecule has 13 nitrogen and oxygen atoms in total. The van der Waals surface area contributed by atoms with E-state index in [9.17, 15) is 24.3 Å². The van der Waals surface area contributed by atoms with Crippen molar-refractivity contribution in [2.24, 2.45) is 17.6 Å². The van der Waals surface area contributed by atoms with E-state index in [-0.39, 0.29) is 76.2 Å². The molecule has 0 unspecified atom stereocenters. The summed E-state index contributed by atoms with van der Waals surface area (Å²) >= 11 is 6.73. The van der Waals surface area contributed by atoms with Crippen LogP contribution in [0.3, 0.4) is 0 Å². The Morgan fingerprint density at radius 1 is 0.877 bits per heavy atom. The number of carbonyl (C=O) groups is 4. The van der Waals surface area contributed by atoms with Crippen LogP contribution < -0.4 is 30.7 Å². The lowest BCUT2D eigenvalue weighted by Gasteiger charge is -2.40. The van der Waals surface area contributed by atoms with Gasteiger partial charge in [0, 0.05) is 85.5 Å². The van der Waals surface area contributed by atoms with Crippen LogP contribution in [0.4, 0.5) is 19.3 Å². The monoisotopic (exact) mass is 1020 g/mol. The Balaban J connectivity index is 0.724. The molecule has 2 atom stereocenters. The fourth-order valence-corrected chi connectivity index (χ4v) is 12.5. The number of aliphatic hydroxyl groups excluding tert-OH is 1. The summed E-state index contributed by atoms with van der Waals surface area (Å²) in [6.45, 7) is 6.74. The maximum atomic E-state index is 16.5. The van der Waals surface area contributed by atoms with E-state index in [0.717, 1.165) is 106 Å². The highest BCUT2D eigenvalue weighted by Crippen LogP contribution is 2.56. The molecule has 1 saturated carbocycles. The fourth-order valence-electron chi connectivity index (χ4n) is 12.2. The first-order valence-electron chi connectivity index (χ1n) is 25.8. The minimum atomic E-state index is -1.10. The van der Waals surface area contributed by atoms with Gasteiger partial charge in [0.2, 0.25) is 17.7 Å². The zero-order chi connectivity index (χ0) is 51.0. The second-order valence-corrected chi connectivity index (χ2v) is 21.0. The number of nitrogens with zero attached hydrogens (tertiary/aromatic N) is 3. The number of likely N-dealkylation sites (tertiary alicyclic amines) is 2. The number of hydrogen-bond acceptors (Lipinski definition) is 9. The van der Waals surface area contributed by atoms with Gasteiger partial charge in [0.05, 0.1) is 17.2 Å². The maximum absolute atomic E-state index is 16.5. The molecular formula is C57H63ClF2N6O7. The number of fused-ring (bicyclic) bond motifs is 2. The number of halogens is 3. The van der Waals surface area contributed by atoms with Gasteiger partial charge in [-0.2, -0.15) is 0 Å². The van der Waals surface area contributed by atoms with Gasteiger partial charge in [-0.05, 0) is 122 Å². The van der Waals surface area contributed by atoms with Crippen molar-refractivity contribution in [1.29, 1.82) is 0 Å². The Kier molecular flexibility index (Phi) is 14.8. The molecule has 1 aliphatic carbocycles. The number of urea groups is 1. The van der Waals surface area contributed by atoms with E-state index in [1.54, 1.807) is 4.90 Å². The summed E-state index contributed by atoms with van der Waals surface area (Å²) in [5.41, 5.74) is 7.49. The fraction of sp³-hybridized carbons (Fsp3) is 0.439. The van der Waals surface area contributed by atoms with E-state index in [1.807, 2.05) is 49.4 Å². The smallest absolute Gasteiger partial charge is 0.328 e. The Hall–Kier alpha value is -6.13. The number of primary amides is 1. The molecule has 4 aliphatic heterocycles. The quantitative estimate of drug-likeness (QED) is 0.0849. The van der Waals surface area contributed by atoms with Gasteiger partial charge in [0.1, 0.15) is 18.2 Å². The average Bonchev–Trinajstić information content (AvgIpc) is 3.69. The van der Waals surface area contributed by atoms with Gasteiger partial charge in [-0.15, -0.1) is 0 Å². The van der Waals surface area contributed by atoms with E-state index >= 15 is 8.78 Å². The SMILES string of the molecule is C[C@H]1c2c(cc(F)c(Cl)c2-c2c(C(N)=O)ccc(OCCO)c2F)O[C@]1(CNC1CCC(C(=O)N2CCC(CN3CCC(c4ccc5cc(N6CCC(=O)NC6=O)ccc5c4)CC3)CC2)CC1)c1ccccc1. The van der Waals surface area contributed by atoms with Crippen molar-refractivity contribution >= 4 is 51.8 Å². The number of benzene rings is 5. The summed E-state index contributed by atoms with van der Waals surface area (Å²) in [7, 11) is 0.